The number of hydrogen-bond donors (Lipinski definition) is 3. The second kappa shape index (κ2) is 5.81. The summed E-state index contributed by atoms with van der Waals surface area (Å²) in [5.41, 5.74) is 14.9. The maximum Gasteiger partial charge on any atom is 0.418 e. The molecule has 0 aliphatic carbocycles. The summed E-state index contributed by atoms with van der Waals surface area (Å²) in [5.74, 6) is -0.851. The summed E-state index contributed by atoms with van der Waals surface area (Å²) >= 11 is 0. The Morgan fingerprint density at radius 2 is 1.75 bits per heavy atom. The van der Waals surface area contributed by atoms with Crippen molar-refractivity contribution in [2.24, 2.45) is 27.2 Å². The Morgan fingerprint density at radius 1 is 1.15 bits per heavy atom. The fraction of sp³-hybridized carbons (Fsp3) is 0.333. The second-order valence-electron chi connectivity index (χ2n) is 4.44. The molecule has 5 nitrogen and oxygen atoms in total. The summed E-state index contributed by atoms with van der Waals surface area (Å²) in [6, 6.07) is 3.85. The van der Waals surface area contributed by atoms with Gasteiger partial charge in [0, 0.05) is 0 Å². The minimum atomic E-state index is -4.54. The van der Waals surface area contributed by atoms with Crippen LogP contribution in [0.15, 0.2) is 28.2 Å². The van der Waals surface area contributed by atoms with Gasteiger partial charge in [-0.15, -0.1) is 0 Å². The SMILES string of the molecule is CC(C)c1ccc(N=C(N)N=C(N)N)c(C(F)(F)F)c1. The van der Waals surface area contributed by atoms with Crippen LogP contribution in [0.4, 0.5) is 18.9 Å². The zero-order valence-electron chi connectivity index (χ0n) is 11.1. The molecule has 0 aliphatic heterocycles. The molecule has 0 saturated carbocycles. The number of guanidine groups is 2. The third kappa shape index (κ3) is 4.15. The van der Waals surface area contributed by atoms with Gasteiger partial charge in [0.05, 0.1) is 11.3 Å². The van der Waals surface area contributed by atoms with Crippen LogP contribution < -0.4 is 17.2 Å². The summed E-state index contributed by atoms with van der Waals surface area (Å²) in [6.45, 7) is 3.60. The summed E-state index contributed by atoms with van der Waals surface area (Å²) in [5, 5.41) is 0. The highest BCUT2D eigenvalue weighted by Gasteiger charge is 2.34. The van der Waals surface area contributed by atoms with E-state index in [4.69, 9.17) is 17.2 Å². The van der Waals surface area contributed by atoms with E-state index in [1.54, 1.807) is 19.9 Å². The molecule has 0 amide bonds. The van der Waals surface area contributed by atoms with Crippen LogP contribution in [0.3, 0.4) is 0 Å². The van der Waals surface area contributed by atoms with E-state index in [1.807, 2.05) is 0 Å². The van der Waals surface area contributed by atoms with Crippen LogP contribution in [0.1, 0.15) is 30.9 Å². The molecule has 0 spiro atoms. The Kier molecular flexibility index (Phi) is 4.59. The van der Waals surface area contributed by atoms with Crippen molar-refractivity contribution < 1.29 is 13.2 Å². The molecule has 1 rings (SSSR count). The highest BCUT2D eigenvalue weighted by Crippen LogP contribution is 2.38. The van der Waals surface area contributed by atoms with Gasteiger partial charge in [-0.2, -0.15) is 18.2 Å². The van der Waals surface area contributed by atoms with E-state index in [2.05, 4.69) is 9.98 Å². The zero-order chi connectivity index (χ0) is 15.5. The number of rotatable bonds is 2. The van der Waals surface area contributed by atoms with E-state index in [0.717, 1.165) is 6.07 Å². The molecular formula is C12H16F3N5. The quantitative estimate of drug-likeness (QED) is 0.573. The van der Waals surface area contributed by atoms with E-state index in [1.165, 1.54) is 6.07 Å². The van der Waals surface area contributed by atoms with Crippen molar-refractivity contribution in [3.05, 3.63) is 29.3 Å². The maximum absolute atomic E-state index is 13.0. The van der Waals surface area contributed by atoms with Gasteiger partial charge in [-0.1, -0.05) is 19.9 Å². The fourth-order valence-corrected chi connectivity index (χ4v) is 1.52. The van der Waals surface area contributed by atoms with Crippen LogP contribution in [0.25, 0.3) is 0 Å². The van der Waals surface area contributed by atoms with Gasteiger partial charge in [-0.05, 0) is 23.6 Å². The van der Waals surface area contributed by atoms with Crippen molar-refractivity contribution in [3.8, 4) is 0 Å². The standard InChI is InChI=1S/C12H16F3N5/c1-6(2)7-3-4-9(8(5-7)12(13,14)15)19-11(18)20-10(16)17/h3-6H,1-2H3,(H6,16,17,18,19,20). The van der Waals surface area contributed by atoms with Gasteiger partial charge in [0.1, 0.15) is 0 Å². The van der Waals surface area contributed by atoms with Gasteiger partial charge in [-0.3, -0.25) is 0 Å². The summed E-state index contributed by atoms with van der Waals surface area (Å²) < 4.78 is 39.0. The highest BCUT2D eigenvalue weighted by atomic mass is 19.4. The normalized spacial score (nSPS) is 12.6. The van der Waals surface area contributed by atoms with Gasteiger partial charge in [0.15, 0.2) is 5.96 Å². The predicted molar refractivity (Wildman–Crippen MR) is 72.6 cm³/mol. The third-order valence-electron chi connectivity index (χ3n) is 2.47. The van der Waals surface area contributed by atoms with Crippen LogP contribution in [-0.2, 0) is 6.18 Å². The number of nitrogens with two attached hydrogens (primary N) is 3. The third-order valence-corrected chi connectivity index (χ3v) is 2.47. The van der Waals surface area contributed by atoms with Gasteiger partial charge in [-0.25, -0.2) is 4.99 Å². The van der Waals surface area contributed by atoms with E-state index < -0.39 is 17.7 Å². The molecule has 0 aromatic heterocycles. The van der Waals surface area contributed by atoms with Gasteiger partial charge < -0.3 is 17.2 Å². The van der Waals surface area contributed by atoms with Crippen LogP contribution >= 0.6 is 0 Å². The van der Waals surface area contributed by atoms with Crippen molar-refractivity contribution in [3.63, 3.8) is 0 Å². The molecular weight excluding hydrogens is 271 g/mol. The molecule has 0 fully saturated rings. The molecule has 1 aromatic carbocycles. The Hall–Kier alpha value is -2.25. The average molecular weight is 287 g/mol. The van der Waals surface area contributed by atoms with Crippen molar-refractivity contribution in [2.75, 3.05) is 0 Å². The lowest BCUT2D eigenvalue weighted by Gasteiger charge is -2.13. The first-order chi connectivity index (χ1) is 9.11. The molecule has 0 aliphatic rings. The molecule has 8 heteroatoms. The monoisotopic (exact) mass is 287 g/mol. The fourth-order valence-electron chi connectivity index (χ4n) is 1.52. The molecule has 20 heavy (non-hydrogen) atoms. The summed E-state index contributed by atoms with van der Waals surface area (Å²) in [6.07, 6.45) is -4.54. The van der Waals surface area contributed by atoms with Crippen LogP contribution in [0.2, 0.25) is 0 Å². The second-order valence-corrected chi connectivity index (χ2v) is 4.44. The summed E-state index contributed by atoms with van der Waals surface area (Å²) in [4.78, 5) is 6.98. The van der Waals surface area contributed by atoms with Crippen molar-refractivity contribution in [2.45, 2.75) is 25.9 Å². The minimum Gasteiger partial charge on any atom is -0.370 e. The van der Waals surface area contributed by atoms with Crippen LogP contribution in [0.5, 0.6) is 0 Å². The first-order valence-corrected chi connectivity index (χ1v) is 5.76. The molecule has 110 valence electrons. The molecule has 0 unspecified atom stereocenters. The largest absolute Gasteiger partial charge is 0.418 e. The Morgan fingerprint density at radius 3 is 2.20 bits per heavy atom. The Labute approximate surface area is 114 Å². The Balaban J connectivity index is 3.37. The summed E-state index contributed by atoms with van der Waals surface area (Å²) in [7, 11) is 0. The number of nitrogens with zero attached hydrogens (tertiary/aromatic N) is 2. The molecule has 6 N–H and O–H groups in total. The Bertz CT molecular complexity index is 543. The highest BCUT2D eigenvalue weighted by molar-refractivity contribution is 5.93. The van der Waals surface area contributed by atoms with Crippen molar-refractivity contribution in [1.29, 1.82) is 0 Å². The van der Waals surface area contributed by atoms with Crippen molar-refractivity contribution >= 4 is 17.6 Å². The van der Waals surface area contributed by atoms with Crippen molar-refractivity contribution in [1.82, 2.24) is 0 Å². The maximum atomic E-state index is 13.0. The predicted octanol–water partition coefficient (Wildman–Crippen LogP) is 2.05. The first kappa shape index (κ1) is 15.8. The van der Waals surface area contributed by atoms with Gasteiger partial charge in [0.25, 0.3) is 0 Å². The molecule has 0 atom stereocenters. The zero-order valence-corrected chi connectivity index (χ0v) is 11.1. The van der Waals surface area contributed by atoms with Crippen LogP contribution in [0, 0.1) is 0 Å². The van der Waals surface area contributed by atoms with Gasteiger partial charge >= 0.3 is 6.18 Å². The minimum absolute atomic E-state index is 0.0378. The molecule has 0 radical (unpaired) electrons. The average Bonchev–Trinajstić information content (AvgIpc) is 2.26. The van der Waals surface area contributed by atoms with Crippen LogP contribution in [-0.4, -0.2) is 11.9 Å². The van der Waals surface area contributed by atoms with E-state index in [-0.39, 0.29) is 17.6 Å². The lowest BCUT2D eigenvalue weighted by Crippen LogP contribution is -2.26. The smallest absolute Gasteiger partial charge is 0.370 e. The van der Waals surface area contributed by atoms with Gasteiger partial charge in [0.2, 0.25) is 5.96 Å². The molecule has 1 aromatic rings. The molecule has 0 saturated heterocycles. The van der Waals surface area contributed by atoms with E-state index in [0.29, 0.717) is 5.56 Å². The lowest BCUT2D eigenvalue weighted by molar-refractivity contribution is -0.137. The topological polar surface area (TPSA) is 103 Å². The number of alkyl halides is 3. The number of halogens is 3. The number of benzene rings is 1. The molecule has 0 bridgehead atoms. The lowest BCUT2D eigenvalue weighted by atomic mass is 9.99. The number of hydrogen-bond acceptors (Lipinski definition) is 1. The van der Waals surface area contributed by atoms with E-state index in [9.17, 15) is 13.2 Å². The van der Waals surface area contributed by atoms with E-state index >= 15 is 0 Å². The first-order valence-electron chi connectivity index (χ1n) is 5.76. The molecule has 0 heterocycles. The number of aliphatic imine (C=N–C) groups is 2.